The Labute approximate surface area is 152 Å². The molecule has 3 rings (SSSR count). The van der Waals surface area contributed by atoms with E-state index in [9.17, 15) is 18.4 Å². The topological polar surface area (TPSA) is 49.4 Å². The van der Waals surface area contributed by atoms with Crippen LogP contribution in [0.15, 0.2) is 36.4 Å². The van der Waals surface area contributed by atoms with Crippen LogP contribution in [-0.4, -0.2) is 18.4 Å². The summed E-state index contributed by atoms with van der Waals surface area (Å²) < 4.78 is 26.4. The van der Waals surface area contributed by atoms with Crippen molar-refractivity contribution >= 4 is 46.4 Å². The van der Waals surface area contributed by atoms with Crippen molar-refractivity contribution in [2.45, 2.75) is 6.42 Å². The van der Waals surface area contributed by atoms with Crippen LogP contribution < -0.4 is 10.2 Å². The maximum atomic E-state index is 13.4. The fourth-order valence-corrected chi connectivity index (χ4v) is 3.18. The molecule has 8 heteroatoms. The molecule has 2 aromatic carbocycles. The second-order valence-corrected chi connectivity index (χ2v) is 6.52. The van der Waals surface area contributed by atoms with Crippen LogP contribution in [0.2, 0.25) is 10.0 Å². The van der Waals surface area contributed by atoms with Gasteiger partial charge >= 0.3 is 0 Å². The number of hydrogen-bond donors (Lipinski definition) is 1. The number of rotatable bonds is 3. The number of nitrogens with zero attached hydrogens (tertiary/aromatic N) is 1. The standard InChI is InChI=1S/C17H12Cl2F2N2O2/c18-10-4-11(19)6-12(5-10)22-17(25)9-3-16(24)23(8-9)13-1-2-14(20)15(21)7-13/h1-2,4-7,9H,3,8H2,(H,22,25). The summed E-state index contributed by atoms with van der Waals surface area (Å²) in [4.78, 5) is 25.8. The van der Waals surface area contributed by atoms with Crippen LogP contribution in [0, 0.1) is 17.6 Å². The Bertz CT molecular complexity index is 840. The van der Waals surface area contributed by atoms with Crippen molar-refractivity contribution in [3.63, 3.8) is 0 Å². The average molecular weight is 385 g/mol. The summed E-state index contributed by atoms with van der Waals surface area (Å²) in [7, 11) is 0. The largest absolute Gasteiger partial charge is 0.326 e. The summed E-state index contributed by atoms with van der Waals surface area (Å²) in [5.74, 6) is -3.39. The van der Waals surface area contributed by atoms with Crippen molar-refractivity contribution < 1.29 is 18.4 Å². The van der Waals surface area contributed by atoms with Gasteiger partial charge in [-0.25, -0.2) is 8.78 Å². The van der Waals surface area contributed by atoms with Gasteiger partial charge in [0, 0.05) is 40.5 Å². The van der Waals surface area contributed by atoms with Gasteiger partial charge in [0.05, 0.1) is 5.92 Å². The third-order valence-corrected chi connectivity index (χ3v) is 4.28. The number of carbonyl (C=O) groups is 2. The smallest absolute Gasteiger partial charge is 0.229 e. The lowest BCUT2D eigenvalue weighted by atomic mass is 10.1. The molecule has 25 heavy (non-hydrogen) atoms. The highest BCUT2D eigenvalue weighted by Gasteiger charge is 2.35. The third kappa shape index (κ3) is 3.91. The second-order valence-electron chi connectivity index (χ2n) is 5.65. The molecule has 1 N–H and O–H groups in total. The van der Waals surface area contributed by atoms with Crippen molar-refractivity contribution in [3.8, 4) is 0 Å². The van der Waals surface area contributed by atoms with Crippen molar-refractivity contribution in [3.05, 3.63) is 58.1 Å². The summed E-state index contributed by atoms with van der Waals surface area (Å²) in [6.45, 7) is 0.0734. The number of amides is 2. The van der Waals surface area contributed by atoms with Gasteiger partial charge in [0.15, 0.2) is 11.6 Å². The zero-order valence-electron chi connectivity index (χ0n) is 12.7. The zero-order valence-corrected chi connectivity index (χ0v) is 14.2. The van der Waals surface area contributed by atoms with E-state index in [2.05, 4.69) is 5.32 Å². The summed E-state index contributed by atoms with van der Waals surface area (Å²) in [5.41, 5.74) is 0.631. The molecule has 1 saturated heterocycles. The van der Waals surface area contributed by atoms with Gasteiger partial charge < -0.3 is 10.2 Å². The zero-order chi connectivity index (χ0) is 18.1. The summed E-state index contributed by atoms with van der Waals surface area (Å²) in [6, 6.07) is 7.78. The fourth-order valence-electron chi connectivity index (χ4n) is 2.66. The molecule has 1 aliphatic rings. The highest BCUT2D eigenvalue weighted by atomic mass is 35.5. The van der Waals surface area contributed by atoms with E-state index in [-0.39, 0.29) is 30.5 Å². The molecule has 130 valence electrons. The van der Waals surface area contributed by atoms with Crippen molar-refractivity contribution in [2.24, 2.45) is 5.92 Å². The van der Waals surface area contributed by atoms with E-state index in [0.29, 0.717) is 15.7 Å². The summed E-state index contributed by atoms with van der Waals surface area (Å²) in [6.07, 6.45) is -0.0286. The van der Waals surface area contributed by atoms with Gasteiger partial charge in [0.2, 0.25) is 11.8 Å². The third-order valence-electron chi connectivity index (χ3n) is 3.84. The van der Waals surface area contributed by atoms with Gasteiger partial charge in [-0.15, -0.1) is 0 Å². The number of anilines is 2. The molecule has 1 fully saturated rings. The number of hydrogen-bond acceptors (Lipinski definition) is 2. The Kier molecular flexibility index (Phi) is 4.92. The van der Waals surface area contributed by atoms with Gasteiger partial charge in [-0.1, -0.05) is 23.2 Å². The first kappa shape index (κ1) is 17.6. The molecule has 0 radical (unpaired) electrons. The predicted molar refractivity (Wildman–Crippen MR) is 91.9 cm³/mol. The first-order valence-electron chi connectivity index (χ1n) is 7.36. The van der Waals surface area contributed by atoms with E-state index < -0.39 is 17.6 Å². The lowest BCUT2D eigenvalue weighted by Crippen LogP contribution is -2.28. The van der Waals surface area contributed by atoms with E-state index >= 15 is 0 Å². The van der Waals surface area contributed by atoms with Gasteiger partial charge in [0.25, 0.3) is 0 Å². The molecule has 1 unspecified atom stereocenters. The SMILES string of the molecule is O=C(Nc1cc(Cl)cc(Cl)c1)C1CC(=O)N(c2ccc(F)c(F)c2)C1. The fraction of sp³-hybridized carbons (Fsp3) is 0.176. The lowest BCUT2D eigenvalue weighted by Gasteiger charge is -2.17. The molecule has 1 aliphatic heterocycles. The van der Waals surface area contributed by atoms with Crippen molar-refractivity contribution in [1.29, 1.82) is 0 Å². The minimum atomic E-state index is -1.05. The molecule has 0 aromatic heterocycles. The Morgan fingerprint density at radius 2 is 1.76 bits per heavy atom. The molecule has 0 aliphatic carbocycles. The van der Waals surface area contributed by atoms with Gasteiger partial charge in [-0.2, -0.15) is 0 Å². The molecule has 1 heterocycles. The minimum Gasteiger partial charge on any atom is -0.326 e. The van der Waals surface area contributed by atoms with Gasteiger partial charge in [-0.3, -0.25) is 9.59 Å². The maximum Gasteiger partial charge on any atom is 0.229 e. The van der Waals surface area contributed by atoms with E-state index in [1.54, 1.807) is 0 Å². The Morgan fingerprint density at radius 1 is 1.08 bits per heavy atom. The number of benzene rings is 2. The summed E-state index contributed by atoms with van der Waals surface area (Å²) >= 11 is 11.8. The highest BCUT2D eigenvalue weighted by Crippen LogP contribution is 2.28. The first-order chi connectivity index (χ1) is 11.8. The second kappa shape index (κ2) is 6.98. The molecular weight excluding hydrogens is 373 g/mol. The maximum absolute atomic E-state index is 13.4. The molecule has 0 saturated carbocycles. The van der Waals surface area contributed by atoms with Crippen LogP contribution >= 0.6 is 23.2 Å². The molecule has 0 spiro atoms. The van der Waals surface area contributed by atoms with Crippen LogP contribution in [0.4, 0.5) is 20.2 Å². The molecule has 2 amide bonds. The van der Waals surface area contributed by atoms with Crippen LogP contribution in [0.5, 0.6) is 0 Å². The molecular formula is C17H12Cl2F2N2O2. The van der Waals surface area contributed by atoms with Crippen molar-refractivity contribution in [2.75, 3.05) is 16.8 Å². The molecule has 2 aromatic rings. The summed E-state index contributed by atoms with van der Waals surface area (Å²) in [5, 5.41) is 3.40. The lowest BCUT2D eigenvalue weighted by molar-refractivity contribution is -0.122. The Hall–Kier alpha value is -2.18. The quantitative estimate of drug-likeness (QED) is 0.858. The molecule has 1 atom stereocenters. The van der Waals surface area contributed by atoms with Gasteiger partial charge in [-0.05, 0) is 30.3 Å². The first-order valence-corrected chi connectivity index (χ1v) is 8.11. The normalized spacial score (nSPS) is 17.0. The monoisotopic (exact) mass is 384 g/mol. The number of halogens is 4. The van der Waals surface area contributed by atoms with Gasteiger partial charge in [0.1, 0.15) is 0 Å². The van der Waals surface area contributed by atoms with E-state index in [0.717, 1.165) is 12.1 Å². The highest BCUT2D eigenvalue weighted by molar-refractivity contribution is 6.35. The van der Waals surface area contributed by atoms with Crippen LogP contribution in [0.3, 0.4) is 0 Å². The van der Waals surface area contributed by atoms with E-state index in [4.69, 9.17) is 23.2 Å². The van der Waals surface area contributed by atoms with Crippen LogP contribution in [0.1, 0.15) is 6.42 Å². The molecule has 0 bridgehead atoms. The van der Waals surface area contributed by atoms with E-state index in [1.807, 2.05) is 0 Å². The predicted octanol–water partition coefficient (Wildman–Crippen LogP) is 4.26. The number of nitrogens with one attached hydrogen (secondary N) is 1. The number of carbonyl (C=O) groups excluding carboxylic acids is 2. The average Bonchev–Trinajstić information content (AvgIpc) is 2.91. The van der Waals surface area contributed by atoms with Crippen LogP contribution in [0.25, 0.3) is 0 Å². The van der Waals surface area contributed by atoms with E-state index in [1.165, 1.54) is 29.2 Å². The van der Waals surface area contributed by atoms with Crippen molar-refractivity contribution in [1.82, 2.24) is 0 Å². The van der Waals surface area contributed by atoms with Crippen LogP contribution in [-0.2, 0) is 9.59 Å². The minimum absolute atomic E-state index is 0.0286. The Morgan fingerprint density at radius 3 is 2.40 bits per heavy atom. The molecule has 4 nitrogen and oxygen atoms in total. The Balaban J connectivity index is 1.73.